The summed E-state index contributed by atoms with van der Waals surface area (Å²) in [4.78, 5) is 15.7. The van der Waals surface area contributed by atoms with E-state index >= 15 is 0 Å². The van der Waals surface area contributed by atoms with E-state index in [0.717, 1.165) is 36.2 Å². The summed E-state index contributed by atoms with van der Waals surface area (Å²) >= 11 is 1.72. The van der Waals surface area contributed by atoms with Gasteiger partial charge in [-0.3, -0.25) is 0 Å². The molecule has 6 nitrogen and oxygen atoms in total. The normalized spacial score (nSPS) is 26.5. The van der Waals surface area contributed by atoms with E-state index in [1.165, 1.54) is 0 Å². The van der Waals surface area contributed by atoms with E-state index in [0.29, 0.717) is 10.9 Å². The number of imidazole rings is 1. The van der Waals surface area contributed by atoms with E-state index in [1.807, 2.05) is 7.05 Å². The number of aromatic amines is 1. The van der Waals surface area contributed by atoms with Gasteiger partial charge in [0.2, 0.25) is 0 Å². The lowest BCUT2D eigenvalue weighted by Crippen LogP contribution is -2.46. The second kappa shape index (κ2) is 5.38. The molecule has 0 saturated heterocycles. The summed E-state index contributed by atoms with van der Waals surface area (Å²) in [6, 6.07) is 2.44. The van der Waals surface area contributed by atoms with Crippen molar-refractivity contribution >= 4 is 22.9 Å². The van der Waals surface area contributed by atoms with Crippen LogP contribution in [-0.4, -0.2) is 37.8 Å². The lowest BCUT2D eigenvalue weighted by atomic mass is 9.83. The Morgan fingerprint density at radius 3 is 3.20 bits per heavy atom. The molecule has 2 heterocycles. The molecular formula is C13H16N6S. The molecule has 2 atom stereocenters. The minimum absolute atomic E-state index is 0.386. The van der Waals surface area contributed by atoms with Crippen LogP contribution in [0.3, 0.4) is 0 Å². The summed E-state index contributed by atoms with van der Waals surface area (Å²) < 4.78 is 0. The molecule has 0 radical (unpaired) electrons. The summed E-state index contributed by atoms with van der Waals surface area (Å²) in [5.74, 6) is 0. The summed E-state index contributed by atoms with van der Waals surface area (Å²) in [6.45, 7) is 0. The highest BCUT2D eigenvalue weighted by atomic mass is 32.2. The maximum absolute atomic E-state index is 9.40. The Labute approximate surface area is 121 Å². The molecule has 2 aromatic heterocycles. The van der Waals surface area contributed by atoms with Crippen molar-refractivity contribution in [2.75, 3.05) is 7.05 Å². The van der Waals surface area contributed by atoms with Crippen LogP contribution in [0, 0.1) is 11.3 Å². The third-order valence-electron chi connectivity index (χ3n) is 3.86. The van der Waals surface area contributed by atoms with Crippen molar-refractivity contribution in [1.29, 1.82) is 5.26 Å². The number of fused-ring (bicyclic) bond motifs is 1. The smallest absolute Gasteiger partial charge is 0.181 e. The maximum atomic E-state index is 9.40. The highest BCUT2D eigenvalue weighted by Gasteiger charge is 2.35. The minimum Gasteiger partial charge on any atom is -0.341 e. The van der Waals surface area contributed by atoms with Gasteiger partial charge in [-0.1, -0.05) is 0 Å². The van der Waals surface area contributed by atoms with E-state index in [1.54, 1.807) is 24.4 Å². The second-order valence-corrected chi connectivity index (χ2v) is 6.35. The van der Waals surface area contributed by atoms with Crippen molar-refractivity contribution in [2.24, 2.45) is 0 Å². The molecule has 1 aliphatic rings. The zero-order chi connectivity index (χ0) is 14.0. The Bertz CT molecular complexity index is 648. The molecule has 1 fully saturated rings. The molecular weight excluding hydrogens is 272 g/mol. The van der Waals surface area contributed by atoms with Gasteiger partial charge in [0.25, 0.3) is 0 Å². The molecule has 1 saturated carbocycles. The van der Waals surface area contributed by atoms with E-state index < -0.39 is 5.54 Å². The van der Waals surface area contributed by atoms with Crippen molar-refractivity contribution in [1.82, 2.24) is 25.3 Å². The molecule has 3 rings (SSSR count). The summed E-state index contributed by atoms with van der Waals surface area (Å²) in [5, 5.41) is 13.9. The summed E-state index contributed by atoms with van der Waals surface area (Å²) in [7, 11) is 1.87. The first-order chi connectivity index (χ1) is 9.76. The predicted octanol–water partition coefficient (Wildman–Crippen LogP) is 1.87. The lowest BCUT2D eigenvalue weighted by molar-refractivity contribution is 0.323. The fourth-order valence-electron chi connectivity index (χ4n) is 2.70. The van der Waals surface area contributed by atoms with Crippen LogP contribution in [-0.2, 0) is 0 Å². The van der Waals surface area contributed by atoms with Gasteiger partial charge in [0, 0.05) is 5.25 Å². The van der Waals surface area contributed by atoms with Crippen molar-refractivity contribution in [3.8, 4) is 6.07 Å². The molecule has 0 spiro atoms. The van der Waals surface area contributed by atoms with Crippen molar-refractivity contribution < 1.29 is 0 Å². The average molecular weight is 288 g/mol. The molecule has 104 valence electrons. The monoisotopic (exact) mass is 288 g/mol. The number of thioether (sulfide) groups is 1. The highest BCUT2D eigenvalue weighted by molar-refractivity contribution is 8.00. The lowest BCUT2D eigenvalue weighted by Gasteiger charge is -2.34. The molecule has 2 N–H and O–H groups in total. The van der Waals surface area contributed by atoms with E-state index in [2.05, 4.69) is 31.3 Å². The third kappa shape index (κ3) is 2.37. The first-order valence-corrected chi connectivity index (χ1v) is 7.55. The first-order valence-electron chi connectivity index (χ1n) is 6.67. The van der Waals surface area contributed by atoms with Crippen molar-refractivity contribution in [2.45, 2.75) is 41.5 Å². The van der Waals surface area contributed by atoms with Gasteiger partial charge < -0.3 is 10.3 Å². The van der Waals surface area contributed by atoms with Gasteiger partial charge in [-0.05, 0) is 32.7 Å². The number of nitriles is 1. The van der Waals surface area contributed by atoms with Crippen LogP contribution in [0.25, 0.3) is 11.2 Å². The standard InChI is InChI=1S/C13H16N6S/c1-15-13(6-14)4-2-3-9(5-13)20-12-10-11(17-7-16-10)18-8-19-12/h7-9,15H,2-5H2,1H3,(H,16,17,18,19). The number of rotatable bonds is 3. The molecule has 0 aliphatic heterocycles. The molecule has 2 unspecified atom stereocenters. The Balaban J connectivity index is 1.81. The van der Waals surface area contributed by atoms with Gasteiger partial charge >= 0.3 is 0 Å². The third-order valence-corrected chi connectivity index (χ3v) is 5.13. The van der Waals surface area contributed by atoms with Crippen LogP contribution in [0.2, 0.25) is 0 Å². The average Bonchev–Trinajstić information content (AvgIpc) is 2.97. The van der Waals surface area contributed by atoms with Gasteiger partial charge in [0.15, 0.2) is 5.65 Å². The quantitative estimate of drug-likeness (QED) is 0.838. The van der Waals surface area contributed by atoms with Gasteiger partial charge in [-0.15, -0.1) is 11.8 Å². The topological polar surface area (TPSA) is 90.3 Å². The zero-order valence-electron chi connectivity index (χ0n) is 11.3. The Morgan fingerprint density at radius 2 is 2.40 bits per heavy atom. The maximum Gasteiger partial charge on any atom is 0.181 e. The van der Waals surface area contributed by atoms with Crippen LogP contribution >= 0.6 is 11.8 Å². The van der Waals surface area contributed by atoms with E-state index in [9.17, 15) is 5.26 Å². The number of nitrogens with zero attached hydrogens (tertiary/aromatic N) is 4. The largest absolute Gasteiger partial charge is 0.341 e. The summed E-state index contributed by atoms with van der Waals surface area (Å²) in [5.41, 5.74) is 1.18. The van der Waals surface area contributed by atoms with Crippen LogP contribution in [0.15, 0.2) is 17.7 Å². The molecule has 2 aromatic rings. The van der Waals surface area contributed by atoms with Gasteiger partial charge in [-0.25, -0.2) is 15.0 Å². The number of hydrogen-bond donors (Lipinski definition) is 2. The molecule has 20 heavy (non-hydrogen) atoms. The number of nitrogens with one attached hydrogen (secondary N) is 2. The van der Waals surface area contributed by atoms with E-state index in [4.69, 9.17) is 0 Å². The number of aromatic nitrogens is 4. The molecule has 1 aliphatic carbocycles. The van der Waals surface area contributed by atoms with Crippen LogP contribution in [0.4, 0.5) is 0 Å². The number of H-pyrrole nitrogens is 1. The van der Waals surface area contributed by atoms with Crippen LogP contribution in [0.5, 0.6) is 0 Å². The molecule has 7 heteroatoms. The Morgan fingerprint density at radius 1 is 1.50 bits per heavy atom. The Kier molecular flexibility index (Phi) is 3.59. The van der Waals surface area contributed by atoms with Gasteiger partial charge in [-0.2, -0.15) is 5.26 Å². The Hall–Kier alpha value is -1.65. The summed E-state index contributed by atoms with van der Waals surface area (Å²) in [6.07, 6.45) is 7.10. The fourth-order valence-corrected chi connectivity index (χ4v) is 4.04. The molecule has 0 amide bonds. The number of hydrogen-bond acceptors (Lipinski definition) is 6. The second-order valence-electron chi connectivity index (χ2n) is 5.06. The SMILES string of the molecule is CNC1(C#N)CCCC(Sc2ncnc3nc[nH]c23)C1. The minimum atomic E-state index is -0.393. The van der Waals surface area contributed by atoms with Gasteiger partial charge in [0.05, 0.1) is 12.4 Å². The fraction of sp³-hybridized carbons (Fsp3) is 0.538. The highest BCUT2D eigenvalue weighted by Crippen LogP contribution is 2.38. The zero-order valence-corrected chi connectivity index (χ0v) is 12.1. The first kappa shape index (κ1) is 13.3. The predicted molar refractivity (Wildman–Crippen MR) is 77.2 cm³/mol. The van der Waals surface area contributed by atoms with Crippen molar-refractivity contribution in [3.63, 3.8) is 0 Å². The van der Waals surface area contributed by atoms with Crippen LogP contribution < -0.4 is 5.32 Å². The van der Waals surface area contributed by atoms with E-state index in [-0.39, 0.29) is 0 Å². The van der Waals surface area contributed by atoms with Crippen molar-refractivity contribution in [3.05, 3.63) is 12.7 Å². The molecule has 0 bridgehead atoms. The molecule has 0 aromatic carbocycles. The van der Waals surface area contributed by atoms with Crippen LogP contribution in [0.1, 0.15) is 25.7 Å². The van der Waals surface area contributed by atoms with Gasteiger partial charge in [0.1, 0.15) is 22.4 Å².